The number of hydrogen-bond acceptors (Lipinski definition) is 4. The molecular formula is C19H26N4. The van der Waals surface area contributed by atoms with Crippen LogP contribution in [0.2, 0.25) is 0 Å². The van der Waals surface area contributed by atoms with Gasteiger partial charge in [0.15, 0.2) is 0 Å². The van der Waals surface area contributed by atoms with Crippen molar-refractivity contribution in [3.8, 4) is 0 Å². The zero-order valence-electron chi connectivity index (χ0n) is 14.5. The monoisotopic (exact) mass is 310 g/mol. The maximum atomic E-state index is 4.54. The molecule has 1 aromatic heterocycles. The third-order valence-corrected chi connectivity index (χ3v) is 4.74. The summed E-state index contributed by atoms with van der Waals surface area (Å²) in [4.78, 5) is 11.3. The van der Waals surface area contributed by atoms with E-state index in [1.807, 2.05) is 0 Å². The van der Waals surface area contributed by atoms with E-state index in [1.165, 1.54) is 11.1 Å². The lowest BCUT2D eigenvalue weighted by Gasteiger charge is -2.44. The molecule has 0 unspecified atom stereocenters. The highest BCUT2D eigenvalue weighted by Crippen LogP contribution is 2.34. The third-order valence-electron chi connectivity index (χ3n) is 4.74. The van der Waals surface area contributed by atoms with Crippen LogP contribution in [0.15, 0.2) is 36.7 Å². The van der Waals surface area contributed by atoms with E-state index < -0.39 is 0 Å². The Bertz CT molecular complexity index is 681. The average Bonchev–Trinajstić information content (AvgIpc) is 2.53. The van der Waals surface area contributed by atoms with Crippen LogP contribution >= 0.6 is 0 Å². The Morgan fingerprint density at radius 3 is 2.70 bits per heavy atom. The Morgan fingerprint density at radius 1 is 1.22 bits per heavy atom. The first kappa shape index (κ1) is 15.8. The van der Waals surface area contributed by atoms with Crippen LogP contribution < -0.4 is 10.2 Å². The van der Waals surface area contributed by atoms with E-state index in [0.29, 0.717) is 6.04 Å². The molecule has 0 fully saturated rings. The molecule has 3 rings (SSSR count). The van der Waals surface area contributed by atoms with Crippen molar-refractivity contribution in [3.05, 3.63) is 47.8 Å². The lowest BCUT2D eigenvalue weighted by Crippen LogP contribution is -2.49. The van der Waals surface area contributed by atoms with Gasteiger partial charge in [-0.2, -0.15) is 0 Å². The number of nitrogens with zero attached hydrogens (tertiary/aromatic N) is 3. The van der Waals surface area contributed by atoms with E-state index in [0.717, 1.165) is 31.0 Å². The molecular weight excluding hydrogens is 284 g/mol. The second-order valence-electron chi connectivity index (χ2n) is 7.06. The lowest BCUT2D eigenvalue weighted by molar-refractivity contribution is 0.427. The standard InChI is InChI=1S/C19H26N4/c1-5-14(2)22-17-10-18(21-13-20-17)23-12-16-9-7-6-8-15(16)11-19(23,3)4/h6-10,13-14H,5,11-12H2,1-4H3,(H,20,21,22)/t14-/m0/s1. The van der Waals surface area contributed by atoms with Crippen LogP contribution in [-0.4, -0.2) is 21.5 Å². The first-order valence-electron chi connectivity index (χ1n) is 8.42. The summed E-state index contributed by atoms with van der Waals surface area (Å²) < 4.78 is 0. The molecule has 4 heteroatoms. The number of benzene rings is 1. The minimum Gasteiger partial charge on any atom is -0.367 e. The van der Waals surface area contributed by atoms with Gasteiger partial charge in [-0.05, 0) is 44.7 Å². The van der Waals surface area contributed by atoms with Crippen molar-refractivity contribution in [2.75, 3.05) is 10.2 Å². The molecule has 122 valence electrons. The number of rotatable bonds is 4. The molecule has 0 saturated carbocycles. The van der Waals surface area contributed by atoms with Crippen molar-refractivity contribution in [1.29, 1.82) is 0 Å². The molecule has 23 heavy (non-hydrogen) atoms. The highest BCUT2D eigenvalue weighted by atomic mass is 15.3. The molecule has 0 aliphatic carbocycles. The zero-order chi connectivity index (χ0) is 16.4. The van der Waals surface area contributed by atoms with Crippen LogP contribution in [0.4, 0.5) is 11.6 Å². The fourth-order valence-electron chi connectivity index (χ4n) is 3.15. The molecule has 1 aliphatic heterocycles. The Morgan fingerprint density at radius 2 is 1.96 bits per heavy atom. The maximum Gasteiger partial charge on any atom is 0.134 e. The van der Waals surface area contributed by atoms with Crippen molar-refractivity contribution in [2.45, 2.75) is 58.7 Å². The molecule has 0 spiro atoms. The summed E-state index contributed by atoms with van der Waals surface area (Å²) in [6.07, 6.45) is 3.76. The molecule has 4 nitrogen and oxygen atoms in total. The van der Waals surface area contributed by atoms with Gasteiger partial charge in [0.05, 0.1) is 0 Å². The summed E-state index contributed by atoms with van der Waals surface area (Å²) in [5.41, 5.74) is 2.87. The molecule has 1 atom stereocenters. The molecule has 0 saturated heterocycles. The van der Waals surface area contributed by atoms with Gasteiger partial charge in [-0.15, -0.1) is 0 Å². The van der Waals surface area contributed by atoms with Crippen molar-refractivity contribution in [2.24, 2.45) is 0 Å². The second-order valence-corrected chi connectivity index (χ2v) is 7.06. The number of aromatic nitrogens is 2. The Hall–Kier alpha value is -2.10. The fourth-order valence-corrected chi connectivity index (χ4v) is 3.15. The van der Waals surface area contributed by atoms with Crippen LogP contribution in [0.3, 0.4) is 0 Å². The Balaban J connectivity index is 1.90. The Kier molecular flexibility index (Phi) is 4.24. The summed E-state index contributed by atoms with van der Waals surface area (Å²) in [6, 6.07) is 11.2. The Labute approximate surface area is 139 Å². The van der Waals surface area contributed by atoms with Gasteiger partial charge in [0.25, 0.3) is 0 Å². The topological polar surface area (TPSA) is 41.0 Å². The van der Waals surface area contributed by atoms with Gasteiger partial charge in [0, 0.05) is 24.2 Å². The molecule has 2 heterocycles. The van der Waals surface area contributed by atoms with Gasteiger partial charge in [0.1, 0.15) is 18.0 Å². The SMILES string of the molecule is CC[C@H](C)Nc1cc(N2Cc3ccccc3CC2(C)C)ncn1. The summed E-state index contributed by atoms with van der Waals surface area (Å²) in [7, 11) is 0. The number of nitrogens with one attached hydrogen (secondary N) is 1. The normalized spacial score (nSPS) is 17.5. The van der Waals surface area contributed by atoms with Gasteiger partial charge in [0.2, 0.25) is 0 Å². The minimum absolute atomic E-state index is 0.0380. The van der Waals surface area contributed by atoms with Crippen LogP contribution in [0.5, 0.6) is 0 Å². The van der Waals surface area contributed by atoms with E-state index in [9.17, 15) is 0 Å². The summed E-state index contributed by atoms with van der Waals surface area (Å²) >= 11 is 0. The van der Waals surface area contributed by atoms with Crippen molar-refractivity contribution >= 4 is 11.6 Å². The second kappa shape index (κ2) is 6.19. The smallest absolute Gasteiger partial charge is 0.134 e. The van der Waals surface area contributed by atoms with E-state index in [-0.39, 0.29) is 5.54 Å². The van der Waals surface area contributed by atoms with Crippen LogP contribution in [0.1, 0.15) is 45.2 Å². The van der Waals surface area contributed by atoms with Crippen LogP contribution in [0.25, 0.3) is 0 Å². The summed E-state index contributed by atoms with van der Waals surface area (Å²) in [5, 5.41) is 3.44. The van der Waals surface area contributed by atoms with E-state index >= 15 is 0 Å². The van der Waals surface area contributed by atoms with Gasteiger partial charge in [-0.1, -0.05) is 31.2 Å². The van der Waals surface area contributed by atoms with Gasteiger partial charge in [-0.3, -0.25) is 0 Å². The van der Waals surface area contributed by atoms with Crippen molar-refractivity contribution in [3.63, 3.8) is 0 Å². The molecule has 0 amide bonds. The molecule has 1 aromatic carbocycles. The first-order chi connectivity index (χ1) is 11.0. The third kappa shape index (κ3) is 3.31. The molecule has 1 aliphatic rings. The van der Waals surface area contributed by atoms with Gasteiger partial charge < -0.3 is 10.2 Å². The quantitative estimate of drug-likeness (QED) is 0.925. The molecule has 0 bridgehead atoms. The van der Waals surface area contributed by atoms with E-state index in [1.54, 1.807) is 6.33 Å². The molecule has 0 radical (unpaired) electrons. The average molecular weight is 310 g/mol. The number of hydrogen-bond donors (Lipinski definition) is 1. The highest BCUT2D eigenvalue weighted by molar-refractivity contribution is 5.53. The van der Waals surface area contributed by atoms with Gasteiger partial charge >= 0.3 is 0 Å². The van der Waals surface area contributed by atoms with Crippen molar-refractivity contribution in [1.82, 2.24) is 9.97 Å². The minimum atomic E-state index is 0.0380. The first-order valence-corrected chi connectivity index (χ1v) is 8.42. The largest absolute Gasteiger partial charge is 0.367 e. The summed E-state index contributed by atoms with van der Waals surface area (Å²) in [6.45, 7) is 9.80. The maximum absolute atomic E-state index is 4.54. The molecule has 1 N–H and O–H groups in total. The molecule has 2 aromatic rings. The number of fused-ring (bicyclic) bond motifs is 1. The van der Waals surface area contributed by atoms with E-state index in [4.69, 9.17) is 0 Å². The zero-order valence-corrected chi connectivity index (χ0v) is 14.5. The summed E-state index contributed by atoms with van der Waals surface area (Å²) in [5.74, 6) is 1.89. The van der Waals surface area contributed by atoms with Crippen LogP contribution in [-0.2, 0) is 13.0 Å². The van der Waals surface area contributed by atoms with Gasteiger partial charge in [-0.25, -0.2) is 9.97 Å². The fraction of sp³-hybridized carbons (Fsp3) is 0.474. The predicted octanol–water partition coefficient (Wildman–Crippen LogP) is 4.03. The highest BCUT2D eigenvalue weighted by Gasteiger charge is 2.33. The van der Waals surface area contributed by atoms with Crippen molar-refractivity contribution < 1.29 is 0 Å². The number of anilines is 2. The predicted molar refractivity (Wildman–Crippen MR) is 95.8 cm³/mol. The van der Waals surface area contributed by atoms with Crippen LogP contribution in [0, 0.1) is 0 Å². The van der Waals surface area contributed by atoms with E-state index in [2.05, 4.69) is 78.2 Å². The lowest BCUT2D eigenvalue weighted by atomic mass is 9.85.